The molecular formula is C14H22N4O3. The third kappa shape index (κ3) is 3.69. The van der Waals surface area contributed by atoms with Crippen molar-refractivity contribution in [3.05, 3.63) is 33.9 Å². The van der Waals surface area contributed by atoms with Crippen LogP contribution in [-0.4, -0.2) is 30.0 Å². The first-order valence-electron chi connectivity index (χ1n) is 6.91. The fourth-order valence-electron chi connectivity index (χ4n) is 2.13. The number of nitro benzene ring substituents is 1. The van der Waals surface area contributed by atoms with Gasteiger partial charge < -0.3 is 16.4 Å². The highest BCUT2D eigenvalue weighted by molar-refractivity contribution is 5.95. The smallest absolute Gasteiger partial charge is 0.292 e. The van der Waals surface area contributed by atoms with Crippen LogP contribution in [0.2, 0.25) is 0 Å². The molecule has 0 radical (unpaired) electrons. The molecule has 1 aromatic carbocycles. The number of anilines is 1. The number of hydrogen-bond acceptors (Lipinski definition) is 5. The summed E-state index contributed by atoms with van der Waals surface area (Å²) in [6.45, 7) is 4.29. The Morgan fingerprint density at radius 3 is 2.43 bits per heavy atom. The van der Waals surface area contributed by atoms with E-state index in [1.165, 1.54) is 25.2 Å². The molecule has 0 saturated heterocycles. The fraction of sp³-hybridized carbons (Fsp3) is 0.500. The molecule has 0 saturated carbocycles. The molecule has 1 rings (SSSR count). The summed E-state index contributed by atoms with van der Waals surface area (Å²) in [5, 5.41) is 16.8. The van der Waals surface area contributed by atoms with Gasteiger partial charge in [0.1, 0.15) is 5.69 Å². The van der Waals surface area contributed by atoms with Crippen molar-refractivity contribution >= 4 is 17.3 Å². The lowest BCUT2D eigenvalue weighted by atomic mass is 9.92. The molecule has 0 unspecified atom stereocenters. The van der Waals surface area contributed by atoms with Gasteiger partial charge in [-0.05, 0) is 25.0 Å². The largest absolute Gasteiger partial charge is 0.373 e. The fourth-order valence-corrected chi connectivity index (χ4v) is 2.13. The molecule has 0 spiro atoms. The maximum absolute atomic E-state index is 11.7. The minimum atomic E-state index is -0.470. The average Bonchev–Trinajstić information content (AvgIpc) is 2.51. The molecule has 0 bridgehead atoms. The number of nitrogens with one attached hydrogen (secondary N) is 2. The van der Waals surface area contributed by atoms with Crippen LogP contribution < -0.4 is 16.4 Å². The van der Waals surface area contributed by atoms with Crippen molar-refractivity contribution in [2.45, 2.75) is 32.2 Å². The number of nitro groups is 1. The van der Waals surface area contributed by atoms with E-state index < -0.39 is 10.5 Å². The molecule has 0 fully saturated rings. The number of benzene rings is 1. The Balaban J connectivity index is 3.29. The predicted molar refractivity (Wildman–Crippen MR) is 82.5 cm³/mol. The van der Waals surface area contributed by atoms with Crippen LogP contribution >= 0.6 is 0 Å². The van der Waals surface area contributed by atoms with Crippen LogP contribution in [0.15, 0.2) is 18.2 Å². The van der Waals surface area contributed by atoms with Gasteiger partial charge in [-0.15, -0.1) is 0 Å². The normalized spacial score (nSPS) is 11.0. The molecule has 0 heterocycles. The van der Waals surface area contributed by atoms with E-state index in [-0.39, 0.29) is 11.6 Å². The Labute approximate surface area is 124 Å². The standard InChI is InChI=1S/C14H22N4O3/c1-4-14(5-2,9-15)17-11-8-10(13(19)16-3)6-7-12(11)18(20)21/h6-8,17H,4-5,9,15H2,1-3H3,(H,16,19). The molecular weight excluding hydrogens is 272 g/mol. The molecule has 7 heteroatoms. The summed E-state index contributed by atoms with van der Waals surface area (Å²) < 4.78 is 0. The van der Waals surface area contributed by atoms with Crippen LogP contribution in [0, 0.1) is 10.1 Å². The quantitative estimate of drug-likeness (QED) is 0.525. The minimum absolute atomic E-state index is 0.0672. The van der Waals surface area contributed by atoms with E-state index in [1.807, 2.05) is 13.8 Å². The predicted octanol–water partition coefficient (Wildman–Crippen LogP) is 1.88. The van der Waals surface area contributed by atoms with Crippen molar-refractivity contribution in [3.8, 4) is 0 Å². The van der Waals surface area contributed by atoms with Crippen LogP contribution in [0.1, 0.15) is 37.0 Å². The molecule has 0 atom stereocenters. The Hall–Kier alpha value is -2.15. The summed E-state index contributed by atoms with van der Waals surface area (Å²) in [6, 6.07) is 4.26. The second-order valence-electron chi connectivity index (χ2n) is 4.88. The van der Waals surface area contributed by atoms with Gasteiger partial charge in [0.2, 0.25) is 0 Å². The number of nitrogens with zero attached hydrogens (tertiary/aromatic N) is 1. The maximum Gasteiger partial charge on any atom is 0.292 e. The van der Waals surface area contributed by atoms with Crippen LogP contribution in [0.3, 0.4) is 0 Å². The summed E-state index contributed by atoms with van der Waals surface area (Å²) in [5.41, 5.74) is 6.00. The molecule has 0 aliphatic rings. The second-order valence-corrected chi connectivity index (χ2v) is 4.88. The van der Waals surface area contributed by atoms with E-state index in [2.05, 4.69) is 10.6 Å². The lowest BCUT2D eigenvalue weighted by Gasteiger charge is -2.32. The Kier molecular flexibility index (Phi) is 5.66. The van der Waals surface area contributed by atoms with Gasteiger partial charge in [-0.25, -0.2) is 0 Å². The Bertz CT molecular complexity index is 519. The summed E-state index contributed by atoms with van der Waals surface area (Å²) >= 11 is 0. The topological polar surface area (TPSA) is 110 Å². The lowest BCUT2D eigenvalue weighted by Crippen LogP contribution is -2.44. The second kappa shape index (κ2) is 7.03. The van der Waals surface area contributed by atoms with Crippen molar-refractivity contribution in [3.63, 3.8) is 0 Å². The van der Waals surface area contributed by atoms with Crippen LogP contribution in [0.4, 0.5) is 11.4 Å². The lowest BCUT2D eigenvalue weighted by molar-refractivity contribution is -0.384. The third-order valence-electron chi connectivity index (χ3n) is 3.83. The SMILES string of the molecule is CCC(CC)(CN)Nc1cc(C(=O)NC)ccc1[N+](=O)[O-]. The van der Waals surface area contributed by atoms with Gasteiger partial charge in [0.05, 0.1) is 4.92 Å². The number of amides is 1. The monoisotopic (exact) mass is 294 g/mol. The van der Waals surface area contributed by atoms with Crippen molar-refractivity contribution in [1.82, 2.24) is 5.32 Å². The molecule has 21 heavy (non-hydrogen) atoms. The highest BCUT2D eigenvalue weighted by Crippen LogP contribution is 2.30. The zero-order chi connectivity index (χ0) is 16.0. The first kappa shape index (κ1) is 16.9. The molecule has 0 aliphatic heterocycles. The van der Waals surface area contributed by atoms with Crippen LogP contribution in [-0.2, 0) is 0 Å². The maximum atomic E-state index is 11.7. The Morgan fingerprint density at radius 1 is 1.38 bits per heavy atom. The summed E-state index contributed by atoms with van der Waals surface area (Å²) in [4.78, 5) is 22.4. The number of rotatable bonds is 7. The molecule has 7 nitrogen and oxygen atoms in total. The highest BCUT2D eigenvalue weighted by atomic mass is 16.6. The molecule has 116 valence electrons. The van der Waals surface area contributed by atoms with E-state index in [1.54, 1.807) is 0 Å². The molecule has 4 N–H and O–H groups in total. The number of nitrogens with two attached hydrogens (primary N) is 1. The zero-order valence-electron chi connectivity index (χ0n) is 12.6. The molecule has 0 aromatic heterocycles. The summed E-state index contributed by atoms with van der Waals surface area (Å²) in [5.74, 6) is -0.292. The van der Waals surface area contributed by atoms with Gasteiger partial charge in [0.15, 0.2) is 0 Å². The van der Waals surface area contributed by atoms with E-state index in [4.69, 9.17) is 5.73 Å². The minimum Gasteiger partial charge on any atom is -0.373 e. The van der Waals surface area contributed by atoms with Crippen molar-refractivity contribution in [2.75, 3.05) is 18.9 Å². The zero-order valence-corrected chi connectivity index (χ0v) is 12.6. The van der Waals surface area contributed by atoms with E-state index in [9.17, 15) is 14.9 Å². The van der Waals surface area contributed by atoms with E-state index in [0.29, 0.717) is 17.8 Å². The van der Waals surface area contributed by atoms with Crippen molar-refractivity contribution in [1.29, 1.82) is 0 Å². The highest BCUT2D eigenvalue weighted by Gasteiger charge is 2.27. The van der Waals surface area contributed by atoms with Gasteiger partial charge in [-0.1, -0.05) is 13.8 Å². The first-order chi connectivity index (χ1) is 9.92. The molecule has 1 amide bonds. The van der Waals surface area contributed by atoms with Crippen molar-refractivity contribution in [2.24, 2.45) is 5.73 Å². The molecule has 0 aliphatic carbocycles. The van der Waals surface area contributed by atoms with Gasteiger partial charge in [-0.2, -0.15) is 0 Å². The van der Waals surface area contributed by atoms with Crippen LogP contribution in [0.5, 0.6) is 0 Å². The van der Waals surface area contributed by atoms with Gasteiger partial charge >= 0.3 is 0 Å². The number of carbonyl (C=O) groups is 1. The molecule has 1 aromatic rings. The summed E-state index contributed by atoms with van der Waals surface area (Å²) in [6.07, 6.45) is 1.45. The van der Waals surface area contributed by atoms with Gasteiger partial charge in [0, 0.05) is 30.8 Å². The number of carbonyl (C=O) groups excluding carboxylic acids is 1. The first-order valence-corrected chi connectivity index (χ1v) is 6.91. The third-order valence-corrected chi connectivity index (χ3v) is 3.83. The van der Waals surface area contributed by atoms with E-state index >= 15 is 0 Å². The van der Waals surface area contributed by atoms with E-state index in [0.717, 1.165) is 12.8 Å². The van der Waals surface area contributed by atoms with Crippen molar-refractivity contribution < 1.29 is 9.72 Å². The average molecular weight is 294 g/mol. The van der Waals surface area contributed by atoms with Crippen LogP contribution in [0.25, 0.3) is 0 Å². The van der Waals surface area contributed by atoms with Gasteiger partial charge in [-0.3, -0.25) is 14.9 Å². The van der Waals surface area contributed by atoms with Gasteiger partial charge in [0.25, 0.3) is 11.6 Å². The summed E-state index contributed by atoms with van der Waals surface area (Å²) in [7, 11) is 1.51. The number of hydrogen-bond donors (Lipinski definition) is 3. The Morgan fingerprint density at radius 2 is 2.00 bits per heavy atom.